The van der Waals surface area contributed by atoms with Crippen LogP contribution in [0.3, 0.4) is 0 Å². The van der Waals surface area contributed by atoms with Crippen molar-refractivity contribution in [2.24, 2.45) is 0 Å². The van der Waals surface area contributed by atoms with Crippen LogP contribution in [-0.4, -0.2) is 28.1 Å². The van der Waals surface area contributed by atoms with Crippen LogP contribution in [0.25, 0.3) is 0 Å². The predicted molar refractivity (Wildman–Crippen MR) is 75.4 cm³/mol. The number of halogens is 1. The molecule has 0 aliphatic carbocycles. The molecule has 0 bridgehead atoms. The van der Waals surface area contributed by atoms with Gasteiger partial charge in [0.2, 0.25) is 0 Å². The molecule has 6 heteroatoms. The van der Waals surface area contributed by atoms with Gasteiger partial charge in [-0.3, -0.25) is 9.69 Å². The van der Waals surface area contributed by atoms with Gasteiger partial charge in [0.25, 0.3) is 5.91 Å². The Bertz CT molecular complexity index is 595. The van der Waals surface area contributed by atoms with Crippen molar-refractivity contribution in [1.82, 2.24) is 0 Å². The Hall–Kier alpha value is -1.75. The van der Waals surface area contributed by atoms with Crippen molar-refractivity contribution < 1.29 is 19.4 Å². The molecule has 0 saturated heterocycles. The summed E-state index contributed by atoms with van der Waals surface area (Å²) in [7, 11) is 0. The maximum Gasteiger partial charge on any atom is 0.329 e. The Labute approximate surface area is 122 Å². The zero-order chi connectivity index (χ0) is 15.3. The van der Waals surface area contributed by atoms with Gasteiger partial charge in [0.15, 0.2) is 5.60 Å². The molecule has 1 heterocycles. The van der Waals surface area contributed by atoms with E-state index in [1.807, 2.05) is 0 Å². The maximum atomic E-state index is 12.6. The summed E-state index contributed by atoms with van der Waals surface area (Å²) in [6.45, 7) is 6.16. The van der Waals surface area contributed by atoms with Crippen LogP contribution in [0.1, 0.15) is 27.7 Å². The standard InChI is InChI=1S/C14H16ClNO4/c1-13(2,12(18)19)16-9-7-8(15)5-6-10(9)20-14(3,4)11(16)17/h5-7H,1-4H3,(H,18,19). The molecule has 1 aliphatic rings. The van der Waals surface area contributed by atoms with Crippen molar-refractivity contribution in [3.8, 4) is 5.75 Å². The van der Waals surface area contributed by atoms with E-state index >= 15 is 0 Å². The molecular weight excluding hydrogens is 282 g/mol. The van der Waals surface area contributed by atoms with E-state index in [0.29, 0.717) is 16.5 Å². The number of rotatable bonds is 2. The normalized spacial score (nSPS) is 17.4. The Morgan fingerprint density at radius 2 is 2.00 bits per heavy atom. The fourth-order valence-electron chi connectivity index (χ4n) is 2.10. The number of fused-ring (bicyclic) bond motifs is 1. The summed E-state index contributed by atoms with van der Waals surface area (Å²) in [5.74, 6) is -1.08. The molecular formula is C14H16ClNO4. The molecule has 0 saturated carbocycles. The summed E-state index contributed by atoms with van der Waals surface area (Å²) >= 11 is 5.95. The average Bonchev–Trinajstić information content (AvgIpc) is 2.30. The number of carbonyl (C=O) groups is 2. The Morgan fingerprint density at radius 1 is 1.40 bits per heavy atom. The zero-order valence-electron chi connectivity index (χ0n) is 11.7. The number of carbonyl (C=O) groups excluding carboxylic acids is 1. The lowest BCUT2D eigenvalue weighted by atomic mass is 9.95. The first-order valence-corrected chi connectivity index (χ1v) is 6.52. The van der Waals surface area contributed by atoms with Crippen LogP contribution in [0.2, 0.25) is 5.02 Å². The minimum absolute atomic E-state index is 0.370. The second-order valence-corrected chi connectivity index (χ2v) is 6.17. The number of anilines is 1. The molecule has 1 amide bonds. The Balaban J connectivity index is 2.69. The molecule has 1 N–H and O–H groups in total. The molecule has 0 aromatic heterocycles. The van der Waals surface area contributed by atoms with Gasteiger partial charge >= 0.3 is 5.97 Å². The third-order valence-electron chi connectivity index (χ3n) is 3.33. The molecule has 0 fully saturated rings. The van der Waals surface area contributed by atoms with Crippen molar-refractivity contribution in [2.45, 2.75) is 38.8 Å². The van der Waals surface area contributed by atoms with Crippen LogP contribution >= 0.6 is 11.6 Å². The lowest BCUT2D eigenvalue weighted by Gasteiger charge is -2.44. The summed E-state index contributed by atoms with van der Waals surface area (Å²) in [4.78, 5) is 25.3. The van der Waals surface area contributed by atoms with Crippen LogP contribution in [0.5, 0.6) is 5.75 Å². The van der Waals surface area contributed by atoms with E-state index in [1.54, 1.807) is 26.0 Å². The highest BCUT2D eigenvalue weighted by atomic mass is 35.5. The molecule has 0 unspecified atom stereocenters. The van der Waals surface area contributed by atoms with Crippen LogP contribution in [0, 0.1) is 0 Å². The Morgan fingerprint density at radius 3 is 2.55 bits per heavy atom. The fourth-order valence-corrected chi connectivity index (χ4v) is 2.27. The van der Waals surface area contributed by atoms with Gasteiger partial charge in [-0.15, -0.1) is 0 Å². The van der Waals surface area contributed by atoms with Gasteiger partial charge in [0, 0.05) is 5.02 Å². The minimum Gasteiger partial charge on any atom is -0.480 e. The average molecular weight is 298 g/mol. The molecule has 1 aliphatic heterocycles. The largest absolute Gasteiger partial charge is 0.480 e. The second-order valence-electron chi connectivity index (χ2n) is 5.73. The zero-order valence-corrected chi connectivity index (χ0v) is 12.5. The van der Waals surface area contributed by atoms with E-state index < -0.39 is 23.0 Å². The Kier molecular flexibility index (Phi) is 3.21. The maximum absolute atomic E-state index is 12.6. The predicted octanol–water partition coefficient (Wildman–Crippen LogP) is 2.71. The molecule has 1 aromatic rings. The van der Waals surface area contributed by atoms with Gasteiger partial charge in [0.1, 0.15) is 11.3 Å². The van der Waals surface area contributed by atoms with E-state index in [4.69, 9.17) is 16.3 Å². The van der Waals surface area contributed by atoms with E-state index in [0.717, 1.165) is 0 Å². The highest BCUT2D eigenvalue weighted by Gasteiger charge is 2.49. The molecule has 0 atom stereocenters. The monoisotopic (exact) mass is 297 g/mol. The summed E-state index contributed by atoms with van der Waals surface area (Å²) in [5, 5.41) is 9.82. The van der Waals surface area contributed by atoms with Gasteiger partial charge in [-0.2, -0.15) is 0 Å². The summed E-state index contributed by atoms with van der Waals surface area (Å²) in [6.07, 6.45) is 0. The van der Waals surface area contributed by atoms with E-state index in [9.17, 15) is 14.7 Å². The highest BCUT2D eigenvalue weighted by molar-refractivity contribution is 6.31. The van der Waals surface area contributed by atoms with Gasteiger partial charge < -0.3 is 9.84 Å². The molecule has 108 valence electrons. The van der Waals surface area contributed by atoms with Gasteiger partial charge in [-0.1, -0.05) is 11.6 Å². The number of aliphatic carboxylic acids is 1. The molecule has 20 heavy (non-hydrogen) atoms. The quantitative estimate of drug-likeness (QED) is 0.911. The first-order valence-electron chi connectivity index (χ1n) is 6.14. The van der Waals surface area contributed by atoms with Crippen molar-refractivity contribution in [3.05, 3.63) is 23.2 Å². The number of ether oxygens (including phenoxy) is 1. The van der Waals surface area contributed by atoms with Crippen LogP contribution in [0.15, 0.2) is 18.2 Å². The summed E-state index contributed by atoms with van der Waals surface area (Å²) in [5.41, 5.74) is -2.17. The number of hydrogen-bond donors (Lipinski definition) is 1. The van der Waals surface area contributed by atoms with Crippen LogP contribution in [0.4, 0.5) is 5.69 Å². The number of benzene rings is 1. The highest BCUT2D eigenvalue weighted by Crippen LogP contribution is 2.42. The number of amides is 1. The van der Waals surface area contributed by atoms with Crippen molar-refractivity contribution in [3.63, 3.8) is 0 Å². The van der Waals surface area contributed by atoms with Gasteiger partial charge in [-0.05, 0) is 45.9 Å². The van der Waals surface area contributed by atoms with Crippen molar-refractivity contribution in [1.29, 1.82) is 0 Å². The molecule has 0 spiro atoms. The van der Waals surface area contributed by atoms with E-state index in [1.165, 1.54) is 24.8 Å². The number of nitrogens with zero attached hydrogens (tertiary/aromatic N) is 1. The summed E-state index contributed by atoms with van der Waals surface area (Å²) in [6, 6.07) is 4.81. The fraction of sp³-hybridized carbons (Fsp3) is 0.429. The van der Waals surface area contributed by atoms with Gasteiger partial charge in [0.05, 0.1) is 5.69 Å². The number of carboxylic acid groups (broad SMARTS) is 1. The van der Waals surface area contributed by atoms with Gasteiger partial charge in [-0.25, -0.2) is 4.79 Å². The first kappa shape index (κ1) is 14.7. The molecule has 1 aromatic carbocycles. The minimum atomic E-state index is -1.41. The number of carboxylic acids is 1. The second kappa shape index (κ2) is 4.38. The smallest absolute Gasteiger partial charge is 0.329 e. The molecule has 2 rings (SSSR count). The van der Waals surface area contributed by atoms with Crippen molar-refractivity contribution >= 4 is 29.2 Å². The first-order chi connectivity index (χ1) is 9.07. The van der Waals surface area contributed by atoms with Crippen molar-refractivity contribution in [2.75, 3.05) is 4.90 Å². The molecule has 5 nitrogen and oxygen atoms in total. The number of hydrogen-bond acceptors (Lipinski definition) is 3. The van der Waals surface area contributed by atoms with E-state index in [-0.39, 0.29) is 0 Å². The van der Waals surface area contributed by atoms with E-state index in [2.05, 4.69) is 0 Å². The van der Waals surface area contributed by atoms with Crippen LogP contribution in [-0.2, 0) is 9.59 Å². The summed E-state index contributed by atoms with van der Waals surface area (Å²) < 4.78 is 5.65. The third kappa shape index (κ3) is 2.12. The molecule has 0 radical (unpaired) electrons. The van der Waals surface area contributed by atoms with Crippen LogP contribution < -0.4 is 9.64 Å². The lowest BCUT2D eigenvalue weighted by Crippen LogP contribution is -2.62. The lowest BCUT2D eigenvalue weighted by molar-refractivity contribution is -0.146. The third-order valence-corrected chi connectivity index (χ3v) is 3.56. The SMILES string of the molecule is CC1(C)Oc2ccc(Cl)cc2N(C(C)(C)C(=O)O)C1=O. The topological polar surface area (TPSA) is 66.8 Å².